The molecule has 0 amide bonds. The van der Waals surface area contributed by atoms with E-state index in [0.717, 1.165) is 30.2 Å². The van der Waals surface area contributed by atoms with Gasteiger partial charge in [0.1, 0.15) is 17.4 Å². The average molecular weight is 397 g/mol. The van der Waals surface area contributed by atoms with E-state index in [4.69, 9.17) is 31.0 Å². The Hall–Kier alpha value is -2.83. The lowest BCUT2D eigenvalue weighted by Gasteiger charge is -2.28. The third kappa shape index (κ3) is 4.18. The van der Waals surface area contributed by atoms with E-state index in [1.807, 2.05) is 48.5 Å². The standard InChI is InChI=1S/C21H21ClN4O2/c1-27-18-8-7-16(22)13-17(18)23-19-14-20(26-9-11-28-12-10-26)25-21(24-19)15-5-3-2-4-6-15/h2-8,13-14H,9-12H2,1H3,(H,23,24,25). The molecule has 1 saturated heterocycles. The fraction of sp³-hybridized carbons (Fsp3) is 0.238. The average Bonchev–Trinajstić information content (AvgIpc) is 2.75. The monoisotopic (exact) mass is 396 g/mol. The van der Waals surface area contributed by atoms with Gasteiger partial charge < -0.3 is 19.7 Å². The Morgan fingerprint density at radius 1 is 1.04 bits per heavy atom. The summed E-state index contributed by atoms with van der Waals surface area (Å²) < 4.78 is 10.9. The molecular weight excluding hydrogens is 376 g/mol. The number of halogens is 1. The lowest BCUT2D eigenvalue weighted by atomic mass is 10.2. The first kappa shape index (κ1) is 18.5. The molecule has 0 spiro atoms. The van der Waals surface area contributed by atoms with Crippen molar-refractivity contribution in [1.29, 1.82) is 0 Å². The van der Waals surface area contributed by atoms with Crippen molar-refractivity contribution in [1.82, 2.24) is 9.97 Å². The van der Waals surface area contributed by atoms with E-state index < -0.39 is 0 Å². The van der Waals surface area contributed by atoms with Crippen LogP contribution < -0.4 is 15.0 Å². The molecule has 1 fully saturated rings. The van der Waals surface area contributed by atoms with Crippen LogP contribution in [0, 0.1) is 0 Å². The van der Waals surface area contributed by atoms with Gasteiger partial charge in [0.25, 0.3) is 0 Å². The zero-order valence-corrected chi connectivity index (χ0v) is 16.3. The van der Waals surface area contributed by atoms with Gasteiger partial charge in [-0.3, -0.25) is 0 Å². The van der Waals surface area contributed by atoms with Gasteiger partial charge in [0, 0.05) is 29.7 Å². The Labute approximate surface area is 169 Å². The Morgan fingerprint density at radius 3 is 2.57 bits per heavy atom. The van der Waals surface area contributed by atoms with E-state index in [1.165, 1.54) is 0 Å². The Morgan fingerprint density at radius 2 is 1.82 bits per heavy atom. The van der Waals surface area contributed by atoms with Crippen LogP contribution in [0.4, 0.5) is 17.3 Å². The first-order chi connectivity index (χ1) is 13.7. The Bertz CT molecular complexity index is 946. The van der Waals surface area contributed by atoms with Crippen LogP contribution in [0.25, 0.3) is 11.4 Å². The zero-order chi connectivity index (χ0) is 19.3. The van der Waals surface area contributed by atoms with Crippen molar-refractivity contribution in [2.45, 2.75) is 0 Å². The molecule has 4 rings (SSSR count). The first-order valence-corrected chi connectivity index (χ1v) is 9.48. The number of morpholine rings is 1. The number of ether oxygens (including phenoxy) is 2. The predicted molar refractivity (Wildman–Crippen MR) is 112 cm³/mol. The van der Waals surface area contributed by atoms with Crippen LogP contribution in [0.15, 0.2) is 54.6 Å². The summed E-state index contributed by atoms with van der Waals surface area (Å²) in [7, 11) is 1.63. The number of aromatic nitrogens is 2. The van der Waals surface area contributed by atoms with E-state index in [0.29, 0.717) is 35.6 Å². The van der Waals surface area contributed by atoms with Gasteiger partial charge in [0.05, 0.1) is 26.0 Å². The van der Waals surface area contributed by atoms with Gasteiger partial charge in [-0.05, 0) is 18.2 Å². The summed E-state index contributed by atoms with van der Waals surface area (Å²) in [4.78, 5) is 11.7. The molecule has 7 heteroatoms. The van der Waals surface area contributed by atoms with Crippen LogP contribution in [0.3, 0.4) is 0 Å². The van der Waals surface area contributed by atoms with Crippen molar-refractivity contribution < 1.29 is 9.47 Å². The van der Waals surface area contributed by atoms with Crippen LogP contribution >= 0.6 is 11.6 Å². The van der Waals surface area contributed by atoms with Gasteiger partial charge in [0.15, 0.2) is 5.82 Å². The van der Waals surface area contributed by atoms with Crippen LogP contribution in [0.2, 0.25) is 5.02 Å². The van der Waals surface area contributed by atoms with Crippen molar-refractivity contribution in [3.8, 4) is 17.1 Å². The first-order valence-electron chi connectivity index (χ1n) is 9.11. The molecule has 1 aliphatic heterocycles. The highest BCUT2D eigenvalue weighted by atomic mass is 35.5. The highest BCUT2D eigenvalue weighted by molar-refractivity contribution is 6.31. The van der Waals surface area contributed by atoms with Crippen molar-refractivity contribution in [3.05, 3.63) is 59.6 Å². The molecule has 28 heavy (non-hydrogen) atoms. The minimum atomic E-state index is 0.619. The maximum atomic E-state index is 6.17. The molecule has 2 aromatic carbocycles. The molecule has 144 valence electrons. The number of hydrogen-bond acceptors (Lipinski definition) is 6. The van der Waals surface area contributed by atoms with Gasteiger partial charge in [-0.2, -0.15) is 0 Å². The summed E-state index contributed by atoms with van der Waals surface area (Å²) in [5.41, 5.74) is 1.71. The van der Waals surface area contributed by atoms with Crippen LogP contribution in [-0.2, 0) is 4.74 Å². The SMILES string of the molecule is COc1ccc(Cl)cc1Nc1cc(N2CCOCC2)nc(-c2ccccc2)n1. The highest BCUT2D eigenvalue weighted by Gasteiger charge is 2.16. The molecule has 1 N–H and O–H groups in total. The second-order valence-corrected chi connectivity index (χ2v) is 6.81. The molecule has 1 aliphatic rings. The fourth-order valence-electron chi connectivity index (χ4n) is 3.09. The van der Waals surface area contributed by atoms with E-state index >= 15 is 0 Å². The minimum Gasteiger partial charge on any atom is -0.495 e. The van der Waals surface area contributed by atoms with Crippen molar-refractivity contribution in [3.63, 3.8) is 0 Å². The van der Waals surface area contributed by atoms with E-state index in [2.05, 4.69) is 10.2 Å². The van der Waals surface area contributed by atoms with Gasteiger partial charge in [-0.15, -0.1) is 0 Å². The maximum Gasteiger partial charge on any atom is 0.163 e. The normalized spacial score (nSPS) is 14.0. The molecule has 0 unspecified atom stereocenters. The number of methoxy groups -OCH3 is 1. The summed E-state index contributed by atoms with van der Waals surface area (Å²) in [5.74, 6) is 2.89. The van der Waals surface area contributed by atoms with Crippen LogP contribution in [-0.4, -0.2) is 43.4 Å². The number of benzene rings is 2. The second-order valence-electron chi connectivity index (χ2n) is 6.37. The number of nitrogens with zero attached hydrogens (tertiary/aromatic N) is 3. The molecule has 0 saturated carbocycles. The van der Waals surface area contributed by atoms with Gasteiger partial charge in [0.2, 0.25) is 0 Å². The number of nitrogens with one attached hydrogen (secondary N) is 1. The third-order valence-electron chi connectivity index (χ3n) is 4.50. The molecule has 3 aromatic rings. The van der Waals surface area contributed by atoms with E-state index in [-0.39, 0.29) is 0 Å². The number of anilines is 3. The molecule has 1 aromatic heterocycles. The van der Waals surface area contributed by atoms with Crippen molar-refractivity contribution >= 4 is 28.9 Å². The smallest absolute Gasteiger partial charge is 0.163 e. The largest absolute Gasteiger partial charge is 0.495 e. The molecule has 0 aliphatic carbocycles. The van der Waals surface area contributed by atoms with Gasteiger partial charge >= 0.3 is 0 Å². The predicted octanol–water partition coefficient (Wildman–Crippen LogP) is 4.39. The van der Waals surface area contributed by atoms with Gasteiger partial charge in [-0.1, -0.05) is 41.9 Å². The molecule has 2 heterocycles. The number of rotatable bonds is 5. The van der Waals surface area contributed by atoms with Gasteiger partial charge in [-0.25, -0.2) is 9.97 Å². The van der Waals surface area contributed by atoms with E-state index in [1.54, 1.807) is 13.2 Å². The van der Waals surface area contributed by atoms with Crippen molar-refractivity contribution in [2.24, 2.45) is 0 Å². The lowest BCUT2D eigenvalue weighted by molar-refractivity contribution is 0.122. The molecular formula is C21H21ClN4O2. The lowest BCUT2D eigenvalue weighted by Crippen LogP contribution is -2.36. The topological polar surface area (TPSA) is 59.5 Å². The van der Waals surface area contributed by atoms with Crippen LogP contribution in [0.1, 0.15) is 0 Å². The quantitative estimate of drug-likeness (QED) is 0.690. The second kappa shape index (κ2) is 8.46. The Balaban J connectivity index is 1.74. The Kier molecular flexibility index (Phi) is 5.60. The minimum absolute atomic E-state index is 0.619. The summed E-state index contributed by atoms with van der Waals surface area (Å²) in [6.45, 7) is 2.97. The summed E-state index contributed by atoms with van der Waals surface area (Å²) in [6, 6.07) is 17.3. The molecule has 0 radical (unpaired) electrons. The van der Waals surface area contributed by atoms with Crippen LogP contribution in [0.5, 0.6) is 5.75 Å². The summed E-state index contributed by atoms with van der Waals surface area (Å²) in [6.07, 6.45) is 0. The van der Waals surface area contributed by atoms with E-state index in [9.17, 15) is 0 Å². The summed E-state index contributed by atoms with van der Waals surface area (Å²) >= 11 is 6.17. The zero-order valence-electron chi connectivity index (χ0n) is 15.6. The molecule has 0 bridgehead atoms. The summed E-state index contributed by atoms with van der Waals surface area (Å²) in [5, 5.41) is 3.95. The molecule has 0 atom stereocenters. The third-order valence-corrected chi connectivity index (χ3v) is 4.74. The fourth-order valence-corrected chi connectivity index (χ4v) is 3.26. The highest BCUT2D eigenvalue weighted by Crippen LogP contribution is 2.31. The molecule has 6 nitrogen and oxygen atoms in total. The van der Waals surface area contributed by atoms with Crippen molar-refractivity contribution in [2.75, 3.05) is 43.6 Å². The maximum absolute atomic E-state index is 6.17. The number of hydrogen-bond donors (Lipinski definition) is 1.